The van der Waals surface area contributed by atoms with E-state index in [1.54, 1.807) is 11.3 Å². The SMILES string of the molecule is Cc1ccsc1C(=O)C(C[C@H](C)N(C)C)(c1ccccc1)c1ccccc1. The third kappa shape index (κ3) is 3.76. The lowest BCUT2D eigenvalue weighted by atomic mass is 9.67. The van der Waals surface area contributed by atoms with E-state index in [2.05, 4.69) is 50.2 Å². The van der Waals surface area contributed by atoms with Crippen LogP contribution in [-0.2, 0) is 5.41 Å². The average Bonchev–Trinajstić information content (AvgIpc) is 3.12. The topological polar surface area (TPSA) is 20.3 Å². The highest BCUT2D eigenvalue weighted by Crippen LogP contribution is 2.42. The number of thiophene rings is 1. The van der Waals surface area contributed by atoms with Crippen LogP contribution < -0.4 is 0 Å². The van der Waals surface area contributed by atoms with Gasteiger partial charge < -0.3 is 4.90 Å². The third-order valence-electron chi connectivity index (χ3n) is 5.47. The minimum atomic E-state index is -0.707. The van der Waals surface area contributed by atoms with Gasteiger partial charge in [0.15, 0.2) is 5.78 Å². The van der Waals surface area contributed by atoms with Crippen molar-refractivity contribution in [1.29, 1.82) is 0 Å². The minimum Gasteiger partial charge on any atom is -0.307 e. The molecule has 0 radical (unpaired) electrons. The molecule has 0 fully saturated rings. The molecule has 3 aromatic rings. The monoisotopic (exact) mass is 377 g/mol. The van der Waals surface area contributed by atoms with Gasteiger partial charge in [-0.2, -0.15) is 0 Å². The second kappa shape index (κ2) is 8.20. The molecule has 0 N–H and O–H groups in total. The van der Waals surface area contributed by atoms with Gasteiger partial charge in [-0.25, -0.2) is 0 Å². The molecule has 27 heavy (non-hydrogen) atoms. The zero-order chi connectivity index (χ0) is 19.4. The van der Waals surface area contributed by atoms with Gasteiger partial charge in [0.1, 0.15) is 0 Å². The first-order valence-corrected chi connectivity index (χ1v) is 10.2. The van der Waals surface area contributed by atoms with Crippen molar-refractivity contribution in [3.63, 3.8) is 0 Å². The molecule has 3 heteroatoms. The molecule has 0 aliphatic rings. The Balaban J connectivity index is 2.28. The largest absolute Gasteiger partial charge is 0.307 e. The molecule has 140 valence electrons. The fourth-order valence-electron chi connectivity index (χ4n) is 3.63. The van der Waals surface area contributed by atoms with Crippen LogP contribution in [0.2, 0.25) is 0 Å². The van der Waals surface area contributed by atoms with Crippen molar-refractivity contribution in [2.75, 3.05) is 14.1 Å². The minimum absolute atomic E-state index is 0.195. The molecule has 0 spiro atoms. The Morgan fingerprint density at radius 3 is 1.89 bits per heavy atom. The van der Waals surface area contributed by atoms with E-state index in [0.29, 0.717) is 0 Å². The number of carbonyl (C=O) groups excluding carboxylic acids is 1. The standard InChI is InChI=1S/C24H27NOS/c1-18-15-16-27-22(18)23(26)24(17-19(2)25(3)4,20-11-7-5-8-12-20)21-13-9-6-10-14-21/h5-16,19H,17H2,1-4H3/t19-/m0/s1. The lowest BCUT2D eigenvalue weighted by Crippen LogP contribution is -2.43. The van der Waals surface area contributed by atoms with E-state index in [4.69, 9.17) is 0 Å². The fourth-order valence-corrected chi connectivity index (χ4v) is 4.57. The lowest BCUT2D eigenvalue weighted by molar-refractivity contribution is 0.0886. The number of hydrogen-bond acceptors (Lipinski definition) is 3. The molecule has 0 amide bonds. The summed E-state index contributed by atoms with van der Waals surface area (Å²) in [6.45, 7) is 4.22. The van der Waals surface area contributed by atoms with Crippen LogP contribution in [0.5, 0.6) is 0 Å². The van der Waals surface area contributed by atoms with Crippen LogP contribution >= 0.6 is 11.3 Å². The Morgan fingerprint density at radius 2 is 1.48 bits per heavy atom. The lowest BCUT2D eigenvalue weighted by Gasteiger charge is -2.37. The summed E-state index contributed by atoms with van der Waals surface area (Å²) in [5.74, 6) is 0.195. The number of Topliss-reactive ketones (excluding diaryl/α,β-unsaturated/α-hetero) is 1. The molecule has 0 saturated heterocycles. The highest BCUT2D eigenvalue weighted by Gasteiger charge is 2.44. The van der Waals surface area contributed by atoms with Crippen LogP contribution in [0.25, 0.3) is 0 Å². The number of aryl methyl sites for hydroxylation is 1. The average molecular weight is 378 g/mol. The summed E-state index contributed by atoms with van der Waals surface area (Å²) in [5.41, 5.74) is 2.46. The van der Waals surface area contributed by atoms with Gasteiger partial charge in [0.25, 0.3) is 0 Å². The van der Waals surface area contributed by atoms with Crippen molar-refractivity contribution in [2.24, 2.45) is 0 Å². The summed E-state index contributed by atoms with van der Waals surface area (Å²) in [5, 5.41) is 2.01. The van der Waals surface area contributed by atoms with Crippen LogP contribution in [0.15, 0.2) is 72.1 Å². The maximum atomic E-state index is 14.1. The van der Waals surface area contributed by atoms with Gasteiger partial charge in [-0.05, 0) is 62.5 Å². The number of nitrogens with zero attached hydrogens (tertiary/aromatic N) is 1. The zero-order valence-corrected chi connectivity index (χ0v) is 17.3. The Bertz CT molecular complexity index is 844. The van der Waals surface area contributed by atoms with E-state index in [1.807, 2.05) is 54.8 Å². The Kier molecular flexibility index (Phi) is 5.93. The first-order chi connectivity index (χ1) is 13.0. The maximum Gasteiger partial charge on any atom is 0.188 e. The number of hydrogen-bond donors (Lipinski definition) is 0. The summed E-state index contributed by atoms with van der Waals surface area (Å²) < 4.78 is 0. The van der Waals surface area contributed by atoms with E-state index in [1.165, 1.54) is 0 Å². The smallest absolute Gasteiger partial charge is 0.188 e. The van der Waals surface area contributed by atoms with Gasteiger partial charge in [-0.1, -0.05) is 60.7 Å². The second-order valence-electron chi connectivity index (χ2n) is 7.42. The predicted octanol–water partition coefficient (Wildman–Crippen LogP) is 5.57. The molecular weight excluding hydrogens is 350 g/mol. The van der Waals surface area contributed by atoms with E-state index in [9.17, 15) is 4.79 Å². The summed E-state index contributed by atoms with van der Waals surface area (Å²) in [4.78, 5) is 17.1. The first-order valence-electron chi connectivity index (χ1n) is 9.33. The van der Waals surface area contributed by atoms with Crippen molar-refractivity contribution in [3.8, 4) is 0 Å². The summed E-state index contributed by atoms with van der Waals surface area (Å²) in [7, 11) is 4.15. The quantitative estimate of drug-likeness (QED) is 0.502. The van der Waals surface area contributed by atoms with Crippen molar-refractivity contribution in [2.45, 2.75) is 31.7 Å². The highest BCUT2D eigenvalue weighted by molar-refractivity contribution is 7.12. The molecule has 1 heterocycles. The molecule has 2 nitrogen and oxygen atoms in total. The van der Waals surface area contributed by atoms with Gasteiger partial charge in [0.2, 0.25) is 0 Å². The Labute approximate surface area is 166 Å². The molecule has 0 saturated carbocycles. The van der Waals surface area contributed by atoms with Crippen molar-refractivity contribution < 1.29 is 4.79 Å². The van der Waals surface area contributed by atoms with Crippen molar-refractivity contribution >= 4 is 17.1 Å². The van der Waals surface area contributed by atoms with Gasteiger partial charge in [0.05, 0.1) is 10.3 Å². The molecule has 0 aliphatic carbocycles. The van der Waals surface area contributed by atoms with Gasteiger partial charge in [-0.15, -0.1) is 11.3 Å². The second-order valence-corrected chi connectivity index (χ2v) is 8.33. The van der Waals surface area contributed by atoms with E-state index >= 15 is 0 Å². The van der Waals surface area contributed by atoms with Crippen molar-refractivity contribution in [1.82, 2.24) is 4.90 Å². The number of carbonyl (C=O) groups is 1. The highest BCUT2D eigenvalue weighted by atomic mass is 32.1. The summed E-state index contributed by atoms with van der Waals surface area (Å²) >= 11 is 1.55. The van der Waals surface area contributed by atoms with Crippen LogP contribution in [0.1, 0.15) is 39.7 Å². The van der Waals surface area contributed by atoms with Crippen LogP contribution in [-0.4, -0.2) is 30.8 Å². The van der Waals surface area contributed by atoms with E-state index < -0.39 is 5.41 Å². The maximum absolute atomic E-state index is 14.1. The summed E-state index contributed by atoms with van der Waals surface area (Å²) in [6, 6.07) is 22.8. The molecule has 0 unspecified atom stereocenters. The molecule has 0 bridgehead atoms. The number of benzene rings is 2. The van der Waals surface area contributed by atoms with Gasteiger partial charge in [-0.3, -0.25) is 4.79 Å². The van der Waals surface area contributed by atoms with Crippen molar-refractivity contribution in [3.05, 3.63) is 93.7 Å². The molecule has 1 atom stereocenters. The van der Waals surface area contributed by atoms with Crippen LogP contribution in [0, 0.1) is 6.92 Å². The fraction of sp³-hybridized carbons (Fsp3) is 0.292. The van der Waals surface area contributed by atoms with E-state index in [0.717, 1.165) is 28.0 Å². The molecule has 1 aromatic heterocycles. The van der Waals surface area contributed by atoms with Crippen LogP contribution in [0.4, 0.5) is 0 Å². The predicted molar refractivity (Wildman–Crippen MR) is 115 cm³/mol. The first kappa shape index (κ1) is 19.5. The number of ketones is 1. The Morgan fingerprint density at radius 1 is 0.963 bits per heavy atom. The number of rotatable bonds is 7. The van der Waals surface area contributed by atoms with Gasteiger partial charge in [0, 0.05) is 6.04 Å². The molecule has 3 rings (SSSR count). The molecule has 2 aromatic carbocycles. The normalized spacial score (nSPS) is 12.9. The molecule has 0 aliphatic heterocycles. The Hall–Kier alpha value is -2.23. The molecular formula is C24H27NOS. The van der Waals surface area contributed by atoms with Crippen LogP contribution in [0.3, 0.4) is 0 Å². The van der Waals surface area contributed by atoms with Gasteiger partial charge >= 0.3 is 0 Å². The van der Waals surface area contributed by atoms with E-state index in [-0.39, 0.29) is 11.8 Å². The third-order valence-corrected chi connectivity index (χ3v) is 6.49. The summed E-state index contributed by atoms with van der Waals surface area (Å²) in [6.07, 6.45) is 0.726. The zero-order valence-electron chi connectivity index (χ0n) is 16.5.